The van der Waals surface area contributed by atoms with Gasteiger partial charge in [-0.1, -0.05) is 26.0 Å². The topological polar surface area (TPSA) is 68.0 Å². The number of carbonyl (C=O) groups excluding carboxylic acids is 1. The first-order valence-electron chi connectivity index (χ1n) is 10.7. The first kappa shape index (κ1) is 20.3. The van der Waals surface area contributed by atoms with Gasteiger partial charge in [-0.2, -0.15) is 10.2 Å². The van der Waals surface area contributed by atoms with Crippen molar-refractivity contribution in [3.05, 3.63) is 60.6 Å². The van der Waals surface area contributed by atoms with Crippen LogP contribution in [0.1, 0.15) is 44.7 Å². The number of carbonyl (C=O) groups is 1. The van der Waals surface area contributed by atoms with Crippen LogP contribution in [0, 0.1) is 5.92 Å². The van der Waals surface area contributed by atoms with E-state index in [9.17, 15) is 4.79 Å². The third-order valence-electron chi connectivity index (χ3n) is 5.55. The molecule has 3 aromatic rings. The van der Waals surface area contributed by atoms with Gasteiger partial charge in [0.25, 0.3) is 0 Å². The summed E-state index contributed by atoms with van der Waals surface area (Å²) in [5.74, 6) is 1.22. The minimum Gasteiger partial charge on any atom is -0.311 e. The third kappa shape index (κ3) is 4.97. The number of benzene rings is 1. The van der Waals surface area contributed by atoms with Crippen LogP contribution in [0.15, 0.2) is 55.0 Å². The first-order valence-corrected chi connectivity index (χ1v) is 10.7. The molecule has 1 aliphatic rings. The van der Waals surface area contributed by atoms with E-state index in [2.05, 4.69) is 58.5 Å². The second-order valence-corrected chi connectivity index (χ2v) is 8.43. The third-order valence-corrected chi connectivity index (χ3v) is 5.55. The highest BCUT2D eigenvalue weighted by molar-refractivity contribution is 5.89. The largest absolute Gasteiger partial charge is 0.311 e. The molecule has 4 rings (SSSR count). The van der Waals surface area contributed by atoms with Crippen LogP contribution in [0.5, 0.6) is 0 Å². The summed E-state index contributed by atoms with van der Waals surface area (Å²) in [4.78, 5) is 14.6. The van der Waals surface area contributed by atoms with Crippen molar-refractivity contribution >= 4 is 11.7 Å². The molecule has 7 heteroatoms. The maximum Gasteiger partial charge on any atom is 0.225 e. The van der Waals surface area contributed by atoms with Gasteiger partial charge in [-0.3, -0.25) is 9.69 Å². The van der Waals surface area contributed by atoms with Crippen LogP contribution in [0.4, 0.5) is 5.82 Å². The van der Waals surface area contributed by atoms with E-state index in [1.807, 2.05) is 27.7 Å². The van der Waals surface area contributed by atoms with Crippen molar-refractivity contribution in [2.45, 2.75) is 45.7 Å². The lowest BCUT2D eigenvalue weighted by molar-refractivity contribution is -0.116. The number of amides is 1. The van der Waals surface area contributed by atoms with Crippen molar-refractivity contribution in [3.63, 3.8) is 0 Å². The molecule has 0 saturated carbocycles. The van der Waals surface area contributed by atoms with Gasteiger partial charge in [-0.25, -0.2) is 9.36 Å². The van der Waals surface area contributed by atoms with Crippen molar-refractivity contribution in [1.82, 2.24) is 24.5 Å². The molecule has 0 aliphatic carbocycles. The molecule has 0 radical (unpaired) electrons. The molecular weight excluding hydrogens is 376 g/mol. The van der Waals surface area contributed by atoms with Crippen molar-refractivity contribution in [2.24, 2.45) is 5.92 Å². The Labute approximate surface area is 177 Å². The minimum absolute atomic E-state index is 0.0581. The number of aromatic nitrogens is 4. The minimum atomic E-state index is 0.0581. The standard InChI is InChI=1S/C23H30N6O/c1-18(2)16-23(30)26-22-8-12-25-29(22)21-9-14-27(15-10-21)17-19-4-6-20(7-5-19)28-13-3-11-24-28/h3-8,11-13,18,21H,9-10,14-17H2,1-2H3,(H,26,30). The van der Waals surface area contributed by atoms with E-state index in [0.29, 0.717) is 18.4 Å². The second kappa shape index (κ2) is 9.26. The fraction of sp³-hybridized carbons (Fsp3) is 0.435. The number of likely N-dealkylation sites (tertiary alicyclic amines) is 1. The Hall–Kier alpha value is -2.93. The highest BCUT2D eigenvalue weighted by Gasteiger charge is 2.23. The predicted molar refractivity (Wildman–Crippen MR) is 117 cm³/mol. The lowest BCUT2D eigenvalue weighted by Crippen LogP contribution is -2.35. The summed E-state index contributed by atoms with van der Waals surface area (Å²) in [7, 11) is 0. The van der Waals surface area contributed by atoms with Crippen LogP contribution >= 0.6 is 0 Å². The number of hydrogen-bond acceptors (Lipinski definition) is 4. The summed E-state index contributed by atoms with van der Waals surface area (Å²) in [6.07, 6.45) is 8.11. The highest BCUT2D eigenvalue weighted by Crippen LogP contribution is 2.26. The van der Waals surface area contributed by atoms with Gasteiger partial charge in [0, 0.05) is 44.5 Å². The summed E-state index contributed by atoms with van der Waals surface area (Å²) in [6, 6.07) is 12.7. The van der Waals surface area contributed by atoms with Gasteiger partial charge in [0.1, 0.15) is 5.82 Å². The van der Waals surface area contributed by atoms with E-state index in [1.54, 1.807) is 12.4 Å². The SMILES string of the molecule is CC(C)CC(=O)Nc1ccnn1C1CCN(Cc2ccc(-n3cccn3)cc2)CC1. The van der Waals surface area contributed by atoms with Gasteiger partial charge < -0.3 is 5.32 Å². The van der Waals surface area contributed by atoms with Crippen LogP contribution in [0.3, 0.4) is 0 Å². The molecule has 0 atom stereocenters. The predicted octanol–water partition coefficient (Wildman–Crippen LogP) is 3.89. The number of nitrogens with zero attached hydrogens (tertiary/aromatic N) is 5. The van der Waals surface area contributed by atoms with Crippen molar-refractivity contribution in [3.8, 4) is 5.69 Å². The van der Waals surface area contributed by atoms with Crippen molar-refractivity contribution in [2.75, 3.05) is 18.4 Å². The maximum absolute atomic E-state index is 12.1. The van der Waals surface area contributed by atoms with E-state index in [-0.39, 0.29) is 5.91 Å². The molecule has 1 fully saturated rings. The van der Waals surface area contributed by atoms with Gasteiger partial charge in [0.05, 0.1) is 17.9 Å². The zero-order valence-electron chi connectivity index (χ0n) is 17.7. The van der Waals surface area contributed by atoms with Crippen LogP contribution in [-0.2, 0) is 11.3 Å². The molecule has 0 unspecified atom stereocenters. The molecule has 1 aromatic carbocycles. The van der Waals surface area contributed by atoms with E-state index in [4.69, 9.17) is 0 Å². The smallest absolute Gasteiger partial charge is 0.225 e. The molecule has 1 saturated heterocycles. The summed E-state index contributed by atoms with van der Waals surface area (Å²) < 4.78 is 3.87. The molecule has 0 spiro atoms. The van der Waals surface area contributed by atoms with Crippen LogP contribution < -0.4 is 5.32 Å². The highest BCUT2D eigenvalue weighted by atomic mass is 16.1. The first-order chi connectivity index (χ1) is 14.6. The fourth-order valence-corrected chi connectivity index (χ4v) is 4.02. The maximum atomic E-state index is 12.1. The molecular formula is C23H30N6O. The van der Waals surface area contributed by atoms with Gasteiger partial charge in [0.2, 0.25) is 5.91 Å². The lowest BCUT2D eigenvalue weighted by atomic mass is 10.0. The van der Waals surface area contributed by atoms with E-state index in [0.717, 1.165) is 44.0 Å². The average molecular weight is 407 g/mol. The molecule has 30 heavy (non-hydrogen) atoms. The molecule has 158 valence electrons. The number of piperidine rings is 1. The van der Waals surface area contributed by atoms with Gasteiger partial charge in [0.15, 0.2) is 0 Å². The molecule has 3 heterocycles. The second-order valence-electron chi connectivity index (χ2n) is 8.43. The fourth-order valence-electron chi connectivity index (χ4n) is 4.02. The summed E-state index contributed by atoms with van der Waals surface area (Å²) >= 11 is 0. The number of rotatable bonds is 7. The zero-order chi connectivity index (χ0) is 20.9. The van der Waals surface area contributed by atoms with Gasteiger partial charge >= 0.3 is 0 Å². The zero-order valence-corrected chi connectivity index (χ0v) is 17.7. The Morgan fingerprint density at radius 2 is 1.87 bits per heavy atom. The monoisotopic (exact) mass is 406 g/mol. The number of nitrogens with one attached hydrogen (secondary N) is 1. The molecule has 0 bridgehead atoms. The van der Waals surface area contributed by atoms with Gasteiger partial charge in [-0.15, -0.1) is 0 Å². The van der Waals surface area contributed by atoms with Crippen LogP contribution in [0.2, 0.25) is 0 Å². The average Bonchev–Trinajstić information content (AvgIpc) is 3.41. The molecule has 1 N–H and O–H groups in total. The molecule has 2 aromatic heterocycles. The Morgan fingerprint density at radius 1 is 1.10 bits per heavy atom. The molecule has 1 amide bonds. The number of hydrogen-bond donors (Lipinski definition) is 1. The number of anilines is 1. The Bertz CT molecular complexity index is 937. The van der Waals surface area contributed by atoms with Crippen LogP contribution in [-0.4, -0.2) is 43.5 Å². The van der Waals surface area contributed by atoms with Crippen molar-refractivity contribution < 1.29 is 4.79 Å². The Balaban J connectivity index is 1.30. The van der Waals surface area contributed by atoms with E-state index in [1.165, 1.54) is 5.56 Å². The summed E-state index contributed by atoms with van der Waals surface area (Å²) in [6.45, 7) is 7.09. The quantitative estimate of drug-likeness (QED) is 0.646. The van der Waals surface area contributed by atoms with Gasteiger partial charge in [-0.05, 0) is 42.5 Å². The van der Waals surface area contributed by atoms with E-state index >= 15 is 0 Å². The lowest BCUT2D eigenvalue weighted by Gasteiger charge is -2.32. The summed E-state index contributed by atoms with van der Waals surface area (Å²) in [5.41, 5.74) is 2.39. The Kier molecular flexibility index (Phi) is 6.28. The normalized spacial score (nSPS) is 15.6. The van der Waals surface area contributed by atoms with E-state index < -0.39 is 0 Å². The van der Waals surface area contributed by atoms with Crippen molar-refractivity contribution in [1.29, 1.82) is 0 Å². The molecule has 7 nitrogen and oxygen atoms in total. The Morgan fingerprint density at radius 3 is 2.53 bits per heavy atom. The summed E-state index contributed by atoms with van der Waals surface area (Å²) in [5, 5.41) is 11.8. The van der Waals surface area contributed by atoms with Crippen LogP contribution in [0.25, 0.3) is 5.69 Å². The molecule has 1 aliphatic heterocycles.